The summed E-state index contributed by atoms with van der Waals surface area (Å²) >= 11 is 7.82. The van der Waals surface area contributed by atoms with Gasteiger partial charge in [0.15, 0.2) is 0 Å². The van der Waals surface area contributed by atoms with Crippen LogP contribution in [-0.2, 0) is 6.54 Å². The first-order chi connectivity index (χ1) is 8.45. The molecule has 0 spiro atoms. The maximum atomic E-state index is 12.0. The van der Waals surface area contributed by atoms with Crippen molar-refractivity contribution >= 4 is 29.1 Å². The molecule has 102 valence electrons. The van der Waals surface area contributed by atoms with Crippen LogP contribution >= 0.6 is 23.4 Å². The number of hydrogen-bond donors (Lipinski definition) is 1. The van der Waals surface area contributed by atoms with E-state index in [4.69, 9.17) is 11.6 Å². The van der Waals surface area contributed by atoms with Gasteiger partial charge in [0.05, 0.1) is 11.9 Å². The molecule has 0 saturated carbocycles. The van der Waals surface area contributed by atoms with Crippen molar-refractivity contribution in [1.82, 2.24) is 9.78 Å². The Bertz CT molecular complexity index is 447. The molecule has 0 aliphatic carbocycles. The summed E-state index contributed by atoms with van der Waals surface area (Å²) < 4.78 is 1.41. The van der Waals surface area contributed by atoms with Gasteiger partial charge in [-0.2, -0.15) is 16.9 Å². The normalized spacial score (nSPS) is 12.8. The summed E-state index contributed by atoms with van der Waals surface area (Å²) in [7, 11) is 0. The number of aromatic nitrogens is 2. The van der Waals surface area contributed by atoms with Gasteiger partial charge in [0.2, 0.25) is 0 Å². The summed E-state index contributed by atoms with van der Waals surface area (Å²) in [6.07, 6.45) is 3.67. The first-order valence-corrected chi connectivity index (χ1v) is 7.74. The molecule has 1 heterocycles. The van der Waals surface area contributed by atoms with Gasteiger partial charge in [-0.3, -0.25) is 4.79 Å². The molecule has 0 fully saturated rings. The zero-order valence-electron chi connectivity index (χ0n) is 11.2. The van der Waals surface area contributed by atoms with Gasteiger partial charge in [-0.15, -0.1) is 0 Å². The van der Waals surface area contributed by atoms with Crippen LogP contribution in [0, 0.1) is 5.92 Å². The third-order valence-electron chi connectivity index (χ3n) is 2.34. The topological polar surface area (TPSA) is 46.9 Å². The highest BCUT2D eigenvalue weighted by molar-refractivity contribution is 7.98. The Morgan fingerprint density at radius 1 is 1.50 bits per heavy atom. The summed E-state index contributed by atoms with van der Waals surface area (Å²) in [5.74, 6) is 1.31. The lowest BCUT2D eigenvalue weighted by atomic mass is 10.2. The van der Waals surface area contributed by atoms with Crippen LogP contribution in [0.4, 0.5) is 5.69 Å². The second-order valence-electron chi connectivity index (χ2n) is 4.75. The molecule has 0 saturated heterocycles. The van der Waals surface area contributed by atoms with Gasteiger partial charge in [-0.05, 0) is 19.1 Å². The predicted octanol–water partition coefficient (Wildman–Crippen LogP) is 2.72. The Kier molecular flexibility index (Phi) is 6.02. The van der Waals surface area contributed by atoms with E-state index in [2.05, 4.69) is 10.4 Å². The fourth-order valence-electron chi connectivity index (χ4n) is 1.60. The molecule has 1 rings (SSSR count). The van der Waals surface area contributed by atoms with Crippen LogP contribution in [-0.4, -0.2) is 27.8 Å². The van der Waals surface area contributed by atoms with E-state index in [1.165, 1.54) is 4.68 Å². The average molecular weight is 290 g/mol. The minimum atomic E-state index is -0.230. The van der Waals surface area contributed by atoms with E-state index in [9.17, 15) is 4.79 Å². The Morgan fingerprint density at radius 3 is 2.72 bits per heavy atom. The van der Waals surface area contributed by atoms with Gasteiger partial charge in [-0.1, -0.05) is 25.4 Å². The van der Waals surface area contributed by atoms with Gasteiger partial charge in [0.1, 0.15) is 5.02 Å². The quantitative estimate of drug-likeness (QED) is 0.875. The maximum absolute atomic E-state index is 12.0. The molecule has 18 heavy (non-hydrogen) atoms. The fraction of sp³-hybridized carbons (Fsp3) is 0.667. The molecule has 1 N–H and O–H groups in total. The third-order valence-corrected chi connectivity index (χ3v) is 3.54. The van der Waals surface area contributed by atoms with Crippen molar-refractivity contribution in [3.05, 3.63) is 21.6 Å². The molecule has 1 atom stereocenters. The van der Waals surface area contributed by atoms with Crippen LogP contribution in [0.1, 0.15) is 20.8 Å². The lowest BCUT2D eigenvalue weighted by Crippen LogP contribution is -2.27. The van der Waals surface area contributed by atoms with Gasteiger partial charge >= 0.3 is 0 Å². The molecule has 6 heteroatoms. The summed E-state index contributed by atoms with van der Waals surface area (Å²) in [6.45, 7) is 6.70. The van der Waals surface area contributed by atoms with Crippen molar-refractivity contribution in [1.29, 1.82) is 0 Å². The van der Waals surface area contributed by atoms with E-state index >= 15 is 0 Å². The molecule has 0 aromatic carbocycles. The van der Waals surface area contributed by atoms with E-state index in [1.54, 1.807) is 18.0 Å². The van der Waals surface area contributed by atoms with E-state index in [0.717, 1.165) is 5.75 Å². The van der Waals surface area contributed by atoms with Crippen LogP contribution < -0.4 is 10.9 Å². The van der Waals surface area contributed by atoms with Crippen LogP contribution in [0.25, 0.3) is 0 Å². The molecular weight excluding hydrogens is 270 g/mol. The van der Waals surface area contributed by atoms with Crippen LogP contribution in [0.5, 0.6) is 0 Å². The van der Waals surface area contributed by atoms with Crippen LogP contribution in [0.3, 0.4) is 0 Å². The summed E-state index contributed by atoms with van der Waals surface area (Å²) in [5.41, 5.74) is 0.384. The monoisotopic (exact) mass is 289 g/mol. The summed E-state index contributed by atoms with van der Waals surface area (Å²) in [6, 6.07) is 0.250. The fourth-order valence-corrected chi connectivity index (χ4v) is 2.38. The maximum Gasteiger partial charge on any atom is 0.287 e. The molecule has 0 bridgehead atoms. The molecule has 1 aromatic rings. The van der Waals surface area contributed by atoms with E-state index in [1.807, 2.05) is 27.0 Å². The molecule has 0 radical (unpaired) electrons. The predicted molar refractivity (Wildman–Crippen MR) is 79.8 cm³/mol. The first-order valence-electron chi connectivity index (χ1n) is 5.96. The zero-order chi connectivity index (χ0) is 13.7. The molecule has 0 aliphatic rings. The molecule has 1 aromatic heterocycles. The number of nitrogens with one attached hydrogen (secondary N) is 1. The second-order valence-corrected chi connectivity index (χ2v) is 6.04. The zero-order valence-corrected chi connectivity index (χ0v) is 12.8. The summed E-state index contributed by atoms with van der Waals surface area (Å²) in [4.78, 5) is 12.0. The third kappa shape index (κ3) is 4.21. The number of anilines is 1. The second kappa shape index (κ2) is 7.04. The van der Waals surface area contributed by atoms with Gasteiger partial charge in [-0.25, -0.2) is 4.68 Å². The van der Waals surface area contributed by atoms with Crippen molar-refractivity contribution < 1.29 is 0 Å². The van der Waals surface area contributed by atoms with Gasteiger partial charge in [0, 0.05) is 18.3 Å². The first kappa shape index (κ1) is 15.4. The molecule has 0 amide bonds. The SMILES string of the molecule is CSCC(C)Nc1cnn(CC(C)C)c(=O)c1Cl. The van der Waals surface area contributed by atoms with Gasteiger partial charge in [0.25, 0.3) is 5.56 Å². The van der Waals surface area contributed by atoms with Crippen molar-refractivity contribution in [2.24, 2.45) is 5.92 Å². The Balaban J connectivity index is 2.90. The van der Waals surface area contributed by atoms with Crippen molar-refractivity contribution in [3.63, 3.8) is 0 Å². The highest BCUT2D eigenvalue weighted by atomic mass is 35.5. The van der Waals surface area contributed by atoms with Crippen molar-refractivity contribution in [3.8, 4) is 0 Å². The minimum absolute atomic E-state index is 0.221. The average Bonchev–Trinajstić information content (AvgIpc) is 2.29. The minimum Gasteiger partial charge on any atom is -0.379 e. The van der Waals surface area contributed by atoms with Crippen LogP contribution in [0.15, 0.2) is 11.0 Å². The Morgan fingerprint density at radius 2 is 2.17 bits per heavy atom. The standard InChI is InChI=1S/C12H20ClN3OS/c1-8(2)6-16-12(17)11(13)10(5-14-16)15-9(3)7-18-4/h5,8-9,15H,6-7H2,1-4H3. The number of nitrogens with zero attached hydrogens (tertiary/aromatic N) is 2. The lowest BCUT2D eigenvalue weighted by molar-refractivity contribution is 0.464. The smallest absolute Gasteiger partial charge is 0.287 e. The number of rotatable bonds is 6. The Hall–Kier alpha value is -0.680. The molecular formula is C12H20ClN3OS. The molecule has 4 nitrogen and oxygen atoms in total. The molecule has 1 unspecified atom stereocenters. The lowest BCUT2D eigenvalue weighted by Gasteiger charge is -2.15. The highest BCUT2D eigenvalue weighted by Gasteiger charge is 2.11. The van der Waals surface area contributed by atoms with E-state index in [0.29, 0.717) is 18.2 Å². The van der Waals surface area contributed by atoms with Crippen molar-refractivity contribution in [2.45, 2.75) is 33.4 Å². The van der Waals surface area contributed by atoms with E-state index in [-0.39, 0.29) is 16.6 Å². The van der Waals surface area contributed by atoms with Crippen LogP contribution in [0.2, 0.25) is 5.02 Å². The van der Waals surface area contributed by atoms with Crippen molar-refractivity contribution in [2.75, 3.05) is 17.3 Å². The molecule has 0 aliphatic heterocycles. The van der Waals surface area contributed by atoms with E-state index < -0.39 is 0 Å². The summed E-state index contributed by atoms with van der Waals surface area (Å²) in [5, 5.41) is 7.57. The largest absolute Gasteiger partial charge is 0.379 e. The Labute approximate surface area is 117 Å². The number of halogens is 1. The van der Waals surface area contributed by atoms with Gasteiger partial charge < -0.3 is 5.32 Å². The number of hydrogen-bond acceptors (Lipinski definition) is 4. The number of thioether (sulfide) groups is 1. The highest BCUT2D eigenvalue weighted by Crippen LogP contribution is 2.17.